The van der Waals surface area contributed by atoms with Crippen LogP contribution in [0.15, 0.2) is 41.1 Å². The Balaban J connectivity index is 2.12. The van der Waals surface area contributed by atoms with Gasteiger partial charge in [0.1, 0.15) is 0 Å². The second-order valence-corrected chi connectivity index (χ2v) is 4.59. The van der Waals surface area contributed by atoms with Crippen LogP contribution in [0.5, 0.6) is 0 Å². The van der Waals surface area contributed by atoms with Gasteiger partial charge in [-0.15, -0.1) is 0 Å². The van der Waals surface area contributed by atoms with Gasteiger partial charge >= 0.3 is 5.97 Å². The van der Waals surface area contributed by atoms with Crippen molar-refractivity contribution in [3.8, 4) is 0 Å². The summed E-state index contributed by atoms with van der Waals surface area (Å²) in [7, 11) is 0. The Morgan fingerprint density at radius 1 is 1.44 bits per heavy atom. The highest BCUT2D eigenvalue weighted by Crippen LogP contribution is 2.17. The zero-order chi connectivity index (χ0) is 13.0. The fourth-order valence-corrected chi connectivity index (χ4v) is 1.98. The van der Waals surface area contributed by atoms with E-state index < -0.39 is 0 Å². The van der Waals surface area contributed by atoms with Gasteiger partial charge < -0.3 is 4.74 Å². The number of halogens is 1. The molecule has 0 aliphatic rings. The topological polar surface area (TPSA) is 44.1 Å². The van der Waals surface area contributed by atoms with E-state index in [1.165, 1.54) is 6.20 Å². The van der Waals surface area contributed by atoms with Gasteiger partial charge in [-0.25, -0.2) is 4.79 Å². The van der Waals surface area contributed by atoms with Crippen LogP contribution in [0, 0.1) is 0 Å². The molecule has 0 amide bonds. The Bertz CT molecular complexity index is 551. The molecule has 94 valence electrons. The monoisotopic (exact) mass is 308 g/mol. The first kappa shape index (κ1) is 12.8. The number of hydrogen-bond donors (Lipinski definition) is 0. The van der Waals surface area contributed by atoms with Gasteiger partial charge in [-0.1, -0.05) is 34.1 Å². The minimum atomic E-state index is -0.337. The second-order valence-electron chi connectivity index (χ2n) is 3.74. The molecule has 0 spiro atoms. The molecule has 2 aromatic rings. The van der Waals surface area contributed by atoms with Gasteiger partial charge in [0.05, 0.1) is 24.9 Å². The molecule has 0 aliphatic heterocycles. The molecule has 0 N–H and O–H groups in total. The molecule has 0 atom stereocenters. The normalized spacial score (nSPS) is 10.3. The number of carbonyl (C=O) groups excluding carboxylic acids is 1. The van der Waals surface area contributed by atoms with Crippen LogP contribution in [0.2, 0.25) is 0 Å². The largest absolute Gasteiger partial charge is 0.462 e. The summed E-state index contributed by atoms with van der Waals surface area (Å²) in [6, 6.07) is 7.91. The minimum Gasteiger partial charge on any atom is -0.462 e. The minimum absolute atomic E-state index is 0.337. The van der Waals surface area contributed by atoms with Crippen molar-refractivity contribution in [3.05, 3.63) is 52.3 Å². The van der Waals surface area contributed by atoms with E-state index in [1.54, 1.807) is 17.8 Å². The Kier molecular flexibility index (Phi) is 4.15. The summed E-state index contributed by atoms with van der Waals surface area (Å²) in [5, 5.41) is 4.15. The van der Waals surface area contributed by atoms with Crippen molar-refractivity contribution in [1.82, 2.24) is 9.78 Å². The molecule has 1 heterocycles. The number of nitrogens with zero attached hydrogens (tertiary/aromatic N) is 2. The van der Waals surface area contributed by atoms with Crippen molar-refractivity contribution in [3.63, 3.8) is 0 Å². The van der Waals surface area contributed by atoms with Crippen LogP contribution in [0.4, 0.5) is 0 Å². The standard InChI is InChI=1S/C13H13BrN2O2/c1-2-18-13(17)11-7-15-16(9-11)8-10-5-3-4-6-12(10)14/h3-7,9H,2,8H2,1H3. The molecular weight excluding hydrogens is 296 g/mol. The van der Waals surface area contributed by atoms with E-state index >= 15 is 0 Å². The number of hydrogen-bond acceptors (Lipinski definition) is 3. The Morgan fingerprint density at radius 3 is 2.94 bits per heavy atom. The van der Waals surface area contributed by atoms with Gasteiger partial charge in [0.15, 0.2) is 0 Å². The van der Waals surface area contributed by atoms with Crippen LogP contribution in [0.25, 0.3) is 0 Å². The van der Waals surface area contributed by atoms with Gasteiger partial charge in [0.2, 0.25) is 0 Å². The van der Waals surface area contributed by atoms with Crippen molar-refractivity contribution >= 4 is 21.9 Å². The molecule has 0 fully saturated rings. The van der Waals surface area contributed by atoms with Crippen molar-refractivity contribution < 1.29 is 9.53 Å². The van der Waals surface area contributed by atoms with E-state index in [0.29, 0.717) is 18.7 Å². The molecule has 0 saturated carbocycles. The van der Waals surface area contributed by atoms with Crippen molar-refractivity contribution in [2.24, 2.45) is 0 Å². The van der Waals surface area contributed by atoms with Gasteiger partial charge in [-0.3, -0.25) is 4.68 Å². The third-order valence-corrected chi connectivity index (χ3v) is 3.21. The number of carbonyl (C=O) groups is 1. The quantitative estimate of drug-likeness (QED) is 0.816. The molecule has 0 radical (unpaired) electrons. The summed E-state index contributed by atoms with van der Waals surface area (Å²) >= 11 is 3.48. The summed E-state index contributed by atoms with van der Waals surface area (Å²) in [6.07, 6.45) is 3.21. The lowest BCUT2D eigenvalue weighted by Gasteiger charge is -2.03. The van der Waals surface area contributed by atoms with Gasteiger partial charge in [-0.2, -0.15) is 5.10 Å². The Hall–Kier alpha value is -1.62. The van der Waals surface area contributed by atoms with Crippen LogP contribution in [0.1, 0.15) is 22.8 Å². The molecule has 0 saturated heterocycles. The fourth-order valence-electron chi connectivity index (χ4n) is 1.57. The van der Waals surface area contributed by atoms with Crippen LogP contribution >= 0.6 is 15.9 Å². The molecule has 1 aromatic heterocycles. The van der Waals surface area contributed by atoms with Gasteiger partial charge in [0, 0.05) is 10.7 Å². The average Bonchev–Trinajstić information content (AvgIpc) is 2.81. The smallest absolute Gasteiger partial charge is 0.341 e. The number of aromatic nitrogens is 2. The predicted molar refractivity (Wildman–Crippen MR) is 71.4 cm³/mol. The van der Waals surface area contributed by atoms with Crippen LogP contribution < -0.4 is 0 Å². The maximum absolute atomic E-state index is 11.5. The molecule has 0 aliphatic carbocycles. The molecule has 2 rings (SSSR count). The molecule has 5 heteroatoms. The number of rotatable bonds is 4. The Labute approximate surface area is 114 Å². The van der Waals surface area contributed by atoms with Crippen molar-refractivity contribution in [2.75, 3.05) is 6.61 Å². The first-order valence-corrected chi connectivity index (χ1v) is 6.43. The van der Waals surface area contributed by atoms with E-state index in [1.807, 2.05) is 24.3 Å². The molecule has 0 unspecified atom stereocenters. The second kappa shape index (κ2) is 5.82. The molecule has 1 aromatic carbocycles. The molecule has 18 heavy (non-hydrogen) atoms. The summed E-state index contributed by atoms with van der Waals surface area (Å²) in [5.41, 5.74) is 1.58. The number of ether oxygens (including phenoxy) is 1. The highest BCUT2D eigenvalue weighted by Gasteiger charge is 2.09. The van der Waals surface area contributed by atoms with E-state index in [9.17, 15) is 4.79 Å². The zero-order valence-corrected chi connectivity index (χ0v) is 11.6. The lowest BCUT2D eigenvalue weighted by Crippen LogP contribution is -2.04. The average molecular weight is 309 g/mol. The molecule has 0 bridgehead atoms. The maximum Gasteiger partial charge on any atom is 0.341 e. The van der Waals surface area contributed by atoms with Gasteiger partial charge in [0.25, 0.3) is 0 Å². The Morgan fingerprint density at radius 2 is 2.22 bits per heavy atom. The number of benzene rings is 1. The van der Waals surface area contributed by atoms with Crippen LogP contribution in [0.3, 0.4) is 0 Å². The van der Waals surface area contributed by atoms with Crippen LogP contribution in [-0.2, 0) is 11.3 Å². The third kappa shape index (κ3) is 2.98. The zero-order valence-electron chi connectivity index (χ0n) is 9.97. The SMILES string of the molecule is CCOC(=O)c1cnn(Cc2ccccc2Br)c1. The molecular formula is C13H13BrN2O2. The van der Waals surface area contributed by atoms with Crippen molar-refractivity contribution in [1.29, 1.82) is 0 Å². The summed E-state index contributed by atoms with van der Waals surface area (Å²) in [4.78, 5) is 11.5. The van der Waals surface area contributed by atoms with E-state index in [4.69, 9.17) is 4.74 Å². The lowest BCUT2D eigenvalue weighted by molar-refractivity contribution is 0.0526. The fraction of sp³-hybridized carbons (Fsp3) is 0.231. The predicted octanol–water partition coefficient (Wildman–Crippen LogP) is 2.87. The van der Waals surface area contributed by atoms with Crippen LogP contribution in [-0.4, -0.2) is 22.4 Å². The number of esters is 1. The molecule has 4 nitrogen and oxygen atoms in total. The van der Waals surface area contributed by atoms with E-state index in [-0.39, 0.29) is 5.97 Å². The highest BCUT2D eigenvalue weighted by atomic mass is 79.9. The van der Waals surface area contributed by atoms with Crippen molar-refractivity contribution in [2.45, 2.75) is 13.5 Å². The first-order valence-electron chi connectivity index (χ1n) is 5.63. The third-order valence-electron chi connectivity index (χ3n) is 2.43. The summed E-state index contributed by atoms with van der Waals surface area (Å²) in [6.45, 7) is 2.76. The lowest BCUT2D eigenvalue weighted by atomic mass is 10.2. The summed E-state index contributed by atoms with van der Waals surface area (Å²) in [5.74, 6) is -0.337. The highest BCUT2D eigenvalue weighted by molar-refractivity contribution is 9.10. The summed E-state index contributed by atoms with van der Waals surface area (Å²) < 4.78 is 7.65. The first-order chi connectivity index (χ1) is 8.70. The van der Waals surface area contributed by atoms with Gasteiger partial charge in [-0.05, 0) is 18.6 Å². The maximum atomic E-state index is 11.5. The van der Waals surface area contributed by atoms with E-state index in [2.05, 4.69) is 21.0 Å². The van der Waals surface area contributed by atoms with E-state index in [0.717, 1.165) is 10.0 Å².